The fourth-order valence-electron chi connectivity index (χ4n) is 1.84. The molecule has 2 amide bonds. The van der Waals surface area contributed by atoms with E-state index in [1.54, 1.807) is 4.90 Å². The van der Waals surface area contributed by atoms with Crippen molar-refractivity contribution in [2.45, 2.75) is 0 Å². The average molecular weight is 284 g/mol. The molecule has 0 radical (unpaired) electrons. The molecule has 2 N–H and O–H groups in total. The van der Waals surface area contributed by atoms with E-state index >= 15 is 0 Å². The lowest BCUT2D eigenvalue weighted by Crippen LogP contribution is -2.50. The molecule has 1 fully saturated rings. The second kappa shape index (κ2) is 4.74. The van der Waals surface area contributed by atoms with E-state index in [1.807, 2.05) is 12.1 Å². The summed E-state index contributed by atoms with van der Waals surface area (Å²) in [6, 6.07) is 7.87. The summed E-state index contributed by atoms with van der Waals surface area (Å²) in [6.07, 6.45) is 0. The summed E-state index contributed by atoms with van der Waals surface area (Å²) in [4.78, 5) is 14.9. The molecule has 16 heavy (non-hydrogen) atoms. The van der Waals surface area contributed by atoms with Crippen LogP contribution < -0.4 is 10.6 Å². The van der Waals surface area contributed by atoms with Gasteiger partial charge in [-0.25, -0.2) is 4.79 Å². The first-order chi connectivity index (χ1) is 7.66. The second-order valence-electron chi connectivity index (χ2n) is 3.79. The minimum Gasteiger partial charge on any atom is -0.368 e. The summed E-state index contributed by atoms with van der Waals surface area (Å²) in [5, 5.41) is 0. The summed E-state index contributed by atoms with van der Waals surface area (Å²) in [5.41, 5.74) is 6.42. The number of halogens is 1. The van der Waals surface area contributed by atoms with E-state index in [-0.39, 0.29) is 6.03 Å². The molecule has 2 rings (SSSR count). The van der Waals surface area contributed by atoms with Crippen LogP contribution in [-0.2, 0) is 0 Å². The normalized spacial score (nSPS) is 16.3. The molecule has 0 bridgehead atoms. The lowest BCUT2D eigenvalue weighted by molar-refractivity contribution is 0.204. The van der Waals surface area contributed by atoms with Crippen LogP contribution >= 0.6 is 15.9 Å². The second-order valence-corrected chi connectivity index (χ2v) is 4.70. The Balaban J connectivity index is 1.99. The smallest absolute Gasteiger partial charge is 0.314 e. The fourth-order valence-corrected chi connectivity index (χ4v) is 2.10. The van der Waals surface area contributed by atoms with Gasteiger partial charge in [0.25, 0.3) is 0 Å². The topological polar surface area (TPSA) is 49.6 Å². The monoisotopic (exact) mass is 283 g/mol. The molecule has 1 saturated heterocycles. The van der Waals surface area contributed by atoms with Crippen LogP contribution in [0.1, 0.15) is 0 Å². The highest BCUT2D eigenvalue weighted by Crippen LogP contribution is 2.19. The van der Waals surface area contributed by atoms with E-state index in [2.05, 4.69) is 33.0 Å². The number of urea groups is 1. The predicted octanol–water partition coefficient (Wildman–Crippen LogP) is 1.65. The Labute approximate surface area is 103 Å². The molecular formula is C11H14BrN3O. The van der Waals surface area contributed by atoms with Crippen LogP contribution in [0.3, 0.4) is 0 Å². The number of nitrogens with zero attached hydrogens (tertiary/aromatic N) is 2. The van der Waals surface area contributed by atoms with E-state index in [4.69, 9.17) is 5.73 Å². The van der Waals surface area contributed by atoms with Crippen LogP contribution in [0.2, 0.25) is 0 Å². The van der Waals surface area contributed by atoms with Gasteiger partial charge in [-0.3, -0.25) is 0 Å². The predicted molar refractivity (Wildman–Crippen MR) is 67.5 cm³/mol. The van der Waals surface area contributed by atoms with Gasteiger partial charge in [0.05, 0.1) is 0 Å². The van der Waals surface area contributed by atoms with Crippen LogP contribution in [0.15, 0.2) is 28.7 Å². The quantitative estimate of drug-likeness (QED) is 0.852. The van der Waals surface area contributed by atoms with Crippen molar-refractivity contribution < 1.29 is 4.79 Å². The van der Waals surface area contributed by atoms with Gasteiger partial charge in [0, 0.05) is 36.3 Å². The molecule has 0 spiro atoms. The maximum Gasteiger partial charge on any atom is 0.314 e. The Morgan fingerprint density at radius 1 is 1.12 bits per heavy atom. The largest absolute Gasteiger partial charge is 0.368 e. The van der Waals surface area contributed by atoms with E-state index in [1.165, 1.54) is 5.69 Å². The number of rotatable bonds is 1. The van der Waals surface area contributed by atoms with Crippen LogP contribution in [0.4, 0.5) is 10.5 Å². The highest BCUT2D eigenvalue weighted by Gasteiger charge is 2.18. The van der Waals surface area contributed by atoms with Crippen molar-refractivity contribution in [2.75, 3.05) is 31.1 Å². The van der Waals surface area contributed by atoms with Gasteiger partial charge >= 0.3 is 6.03 Å². The number of carbonyl (C=O) groups excluding carboxylic acids is 1. The first kappa shape index (κ1) is 11.3. The van der Waals surface area contributed by atoms with Crippen molar-refractivity contribution >= 4 is 27.6 Å². The average Bonchev–Trinajstić information content (AvgIpc) is 2.30. The maximum absolute atomic E-state index is 11.0. The van der Waals surface area contributed by atoms with Crippen molar-refractivity contribution in [3.8, 4) is 0 Å². The van der Waals surface area contributed by atoms with Crippen molar-refractivity contribution in [1.82, 2.24) is 4.90 Å². The Morgan fingerprint density at radius 2 is 1.69 bits per heavy atom. The molecule has 0 aromatic heterocycles. The van der Waals surface area contributed by atoms with E-state index < -0.39 is 0 Å². The Kier molecular flexibility index (Phi) is 3.33. The number of hydrogen-bond donors (Lipinski definition) is 1. The van der Waals surface area contributed by atoms with Crippen LogP contribution in [0.5, 0.6) is 0 Å². The van der Waals surface area contributed by atoms with E-state index in [0.29, 0.717) is 13.1 Å². The molecule has 1 aliphatic heterocycles. The summed E-state index contributed by atoms with van der Waals surface area (Å²) in [5.74, 6) is 0. The zero-order chi connectivity index (χ0) is 11.5. The lowest BCUT2D eigenvalue weighted by Gasteiger charge is -2.35. The number of hydrogen-bond acceptors (Lipinski definition) is 2. The van der Waals surface area contributed by atoms with Gasteiger partial charge in [-0.1, -0.05) is 15.9 Å². The highest BCUT2D eigenvalue weighted by molar-refractivity contribution is 9.10. The molecule has 86 valence electrons. The molecule has 1 aromatic carbocycles. The standard InChI is InChI=1S/C11H14BrN3O/c12-9-1-3-10(4-2-9)14-5-7-15(8-6-14)11(13)16/h1-4H,5-8H2,(H2,13,16). The van der Waals surface area contributed by atoms with Gasteiger partial charge in [-0.05, 0) is 24.3 Å². The molecule has 0 unspecified atom stereocenters. The van der Waals surface area contributed by atoms with Crippen molar-refractivity contribution in [3.63, 3.8) is 0 Å². The molecule has 1 aliphatic rings. The minimum absolute atomic E-state index is 0.324. The lowest BCUT2D eigenvalue weighted by atomic mass is 10.2. The molecular weight excluding hydrogens is 270 g/mol. The zero-order valence-electron chi connectivity index (χ0n) is 8.90. The molecule has 4 nitrogen and oxygen atoms in total. The van der Waals surface area contributed by atoms with Crippen molar-refractivity contribution in [2.24, 2.45) is 5.73 Å². The first-order valence-electron chi connectivity index (χ1n) is 5.22. The highest BCUT2D eigenvalue weighted by atomic mass is 79.9. The van der Waals surface area contributed by atoms with E-state index in [9.17, 15) is 4.79 Å². The first-order valence-corrected chi connectivity index (χ1v) is 6.01. The van der Waals surface area contributed by atoms with Gasteiger partial charge < -0.3 is 15.5 Å². The van der Waals surface area contributed by atoms with E-state index in [0.717, 1.165) is 17.6 Å². The summed E-state index contributed by atoms with van der Waals surface area (Å²) in [7, 11) is 0. The van der Waals surface area contributed by atoms with Crippen molar-refractivity contribution in [1.29, 1.82) is 0 Å². The van der Waals surface area contributed by atoms with Gasteiger partial charge in [-0.2, -0.15) is 0 Å². The number of benzene rings is 1. The number of amides is 2. The molecule has 5 heteroatoms. The van der Waals surface area contributed by atoms with Crippen LogP contribution in [0, 0.1) is 0 Å². The number of primary amides is 1. The van der Waals surface area contributed by atoms with Crippen LogP contribution in [0.25, 0.3) is 0 Å². The van der Waals surface area contributed by atoms with Gasteiger partial charge in [0.2, 0.25) is 0 Å². The number of nitrogens with two attached hydrogens (primary N) is 1. The summed E-state index contributed by atoms with van der Waals surface area (Å²) >= 11 is 3.41. The fraction of sp³-hybridized carbons (Fsp3) is 0.364. The minimum atomic E-state index is -0.324. The molecule has 0 aliphatic carbocycles. The Bertz CT molecular complexity index is 371. The van der Waals surface area contributed by atoms with Gasteiger partial charge in [-0.15, -0.1) is 0 Å². The zero-order valence-corrected chi connectivity index (χ0v) is 10.5. The number of piperazine rings is 1. The number of anilines is 1. The third kappa shape index (κ3) is 2.47. The maximum atomic E-state index is 11.0. The molecule has 1 aromatic rings. The van der Waals surface area contributed by atoms with Crippen LogP contribution in [-0.4, -0.2) is 37.1 Å². The molecule has 1 heterocycles. The number of carbonyl (C=O) groups is 1. The Hall–Kier alpha value is -1.23. The summed E-state index contributed by atoms with van der Waals surface area (Å²) < 4.78 is 1.08. The SMILES string of the molecule is NC(=O)N1CCN(c2ccc(Br)cc2)CC1. The molecule has 0 atom stereocenters. The summed E-state index contributed by atoms with van der Waals surface area (Å²) in [6.45, 7) is 3.08. The van der Waals surface area contributed by atoms with Gasteiger partial charge in [0.15, 0.2) is 0 Å². The third-order valence-electron chi connectivity index (χ3n) is 2.78. The van der Waals surface area contributed by atoms with Gasteiger partial charge in [0.1, 0.15) is 0 Å². The van der Waals surface area contributed by atoms with Crippen molar-refractivity contribution in [3.05, 3.63) is 28.7 Å². The Morgan fingerprint density at radius 3 is 2.19 bits per heavy atom. The molecule has 0 saturated carbocycles. The third-order valence-corrected chi connectivity index (χ3v) is 3.31.